The van der Waals surface area contributed by atoms with Gasteiger partial charge >= 0.3 is 0 Å². The summed E-state index contributed by atoms with van der Waals surface area (Å²) < 4.78 is 0. The van der Waals surface area contributed by atoms with Gasteiger partial charge in [0.2, 0.25) is 0 Å². The number of aliphatic hydroxyl groups excluding tert-OH is 1. The number of hydrogen-bond donors (Lipinski definition) is 1. The summed E-state index contributed by atoms with van der Waals surface area (Å²) in [5.41, 5.74) is 0. The number of nitrogens with zero attached hydrogens (tertiary/aromatic N) is 2. The SMILES string of the molecule is CC(C)N1CCN(CC2CCCCC2O)CC1. The smallest absolute Gasteiger partial charge is 0.0580 e. The number of aliphatic hydroxyl groups is 1. The molecule has 2 atom stereocenters. The first-order valence-electron chi connectivity index (χ1n) is 7.31. The fourth-order valence-electron chi connectivity index (χ4n) is 3.20. The average Bonchev–Trinajstić information content (AvgIpc) is 2.33. The van der Waals surface area contributed by atoms with Crippen LogP contribution < -0.4 is 0 Å². The van der Waals surface area contributed by atoms with Crippen LogP contribution in [-0.4, -0.2) is 59.8 Å². The highest BCUT2D eigenvalue weighted by Crippen LogP contribution is 2.25. The van der Waals surface area contributed by atoms with Crippen LogP contribution in [0.1, 0.15) is 39.5 Å². The van der Waals surface area contributed by atoms with Crippen LogP contribution in [-0.2, 0) is 0 Å². The molecule has 3 nitrogen and oxygen atoms in total. The van der Waals surface area contributed by atoms with E-state index in [2.05, 4.69) is 23.6 Å². The summed E-state index contributed by atoms with van der Waals surface area (Å²) in [6.07, 6.45) is 4.75. The Morgan fingerprint density at radius 3 is 2.29 bits per heavy atom. The largest absolute Gasteiger partial charge is 0.393 e. The number of hydrogen-bond acceptors (Lipinski definition) is 3. The molecule has 100 valence electrons. The van der Waals surface area contributed by atoms with Gasteiger partial charge in [0.25, 0.3) is 0 Å². The summed E-state index contributed by atoms with van der Waals surface area (Å²) >= 11 is 0. The Morgan fingerprint density at radius 1 is 1.06 bits per heavy atom. The quantitative estimate of drug-likeness (QED) is 0.811. The van der Waals surface area contributed by atoms with Crippen LogP contribution in [0.3, 0.4) is 0 Å². The molecule has 2 unspecified atom stereocenters. The maximum atomic E-state index is 10.0. The van der Waals surface area contributed by atoms with E-state index in [0.29, 0.717) is 12.0 Å². The van der Waals surface area contributed by atoms with E-state index in [0.717, 1.165) is 13.0 Å². The molecule has 3 heteroatoms. The van der Waals surface area contributed by atoms with E-state index in [9.17, 15) is 5.11 Å². The Labute approximate surface area is 106 Å². The molecular formula is C14H28N2O. The topological polar surface area (TPSA) is 26.7 Å². The summed E-state index contributed by atoms with van der Waals surface area (Å²) in [7, 11) is 0. The van der Waals surface area contributed by atoms with Crippen molar-refractivity contribution < 1.29 is 5.11 Å². The predicted octanol–water partition coefficient (Wildman–Crippen LogP) is 1.56. The van der Waals surface area contributed by atoms with Crippen molar-refractivity contribution in [3.8, 4) is 0 Å². The van der Waals surface area contributed by atoms with Crippen molar-refractivity contribution in [1.82, 2.24) is 9.80 Å². The first-order valence-corrected chi connectivity index (χ1v) is 7.31. The third kappa shape index (κ3) is 3.67. The molecule has 1 aliphatic carbocycles. The van der Waals surface area contributed by atoms with Gasteiger partial charge in [-0.05, 0) is 32.6 Å². The molecule has 0 radical (unpaired) electrons. The third-order valence-corrected chi connectivity index (χ3v) is 4.50. The Balaban J connectivity index is 1.73. The minimum atomic E-state index is -0.0353. The van der Waals surface area contributed by atoms with Crippen LogP contribution in [0.15, 0.2) is 0 Å². The highest BCUT2D eigenvalue weighted by atomic mass is 16.3. The first-order chi connectivity index (χ1) is 8.16. The second-order valence-electron chi connectivity index (χ2n) is 6.04. The van der Waals surface area contributed by atoms with E-state index in [1.807, 2.05) is 0 Å². The molecule has 1 heterocycles. The summed E-state index contributed by atoms with van der Waals surface area (Å²) in [6.45, 7) is 10.4. The lowest BCUT2D eigenvalue weighted by Gasteiger charge is -2.39. The second kappa shape index (κ2) is 6.17. The number of piperazine rings is 1. The number of rotatable bonds is 3. The molecule has 2 rings (SSSR count). The molecule has 0 aromatic carbocycles. The van der Waals surface area contributed by atoms with Gasteiger partial charge in [0, 0.05) is 38.8 Å². The Bertz CT molecular complexity index is 224. The van der Waals surface area contributed by atoms with Crippen LogP contribution in [0, 0.1) is 5.92 Å². The molecule has 0 bridgehead atoms. The van der Waals surface area contributed by atoms with Crippen molar-refractivity contribution in [1.29, 1.82) is 0 Å². The summed E-state index contributed by atoms with van der Waals surface area (Å²) in [4.78, 5) is 5.10. The molecule has 2 aliphatic rings. The molecule has 1 aliphatic heterocycles. The van der Waals surface area contributed by atoms with Gasteiger partial charge in [-0.1, -0.05) is 12.8 Å². The summed E-state index contributed by atoms with van der Waals surface area (Å²) in [5, 5.41) is 10.0. The standard InChI is InChI=1S/C14H28N2O/c1-12(2)16-9-7-15(8-10-16)11-13-5-3-4-6-14(13)17/h12-14,17H,3-11H2,1-2H3. The Hall–Kier alpha value is -0.120. The fraction of sp³-hybridized carbons (Fsp3) is 1.00. The molecular weight excluding hydrogens is 212 g/mol. The summed E-state index contributed by atoms with van der Waals surface area (Å²) in [6, 6.07) is 0.678. The van der Waals surface area contributed by atoms with Crippen molar-refractivity contribution in [3.63, 3.8) is 0 Å². The maximum Gasteiger partial charge on any atom is 0.0580 e. The second-order valence-corrected chi connectivity index (χ2v) is 6.04. The molecule has 2 fully saturated rings. The van der Waals surface area contributed by atoms with Gasteiger partial charge in [0.15, 0.2) is 0 Å². The molecule has 0 aromatic heterocycles. The van der Waals surface area contributed by atoms with E-state index in [4.69, 9.17) is 0 Å². The van der Waals surface area contributed by atoms with E-state index in [1.165, 1.54) is 45.4 Å². The monoisotopic (exact) mass is 240 g/mol. The van der Waals surface area contributed by atoms with Crippen molar-refractivity contribution in [2.24, 2.45) is 5.92 Å². The molecule has 1 saturated heterocycles. The van der Waals surface area contributed by atoms with Crippen LogP contribution in [0.4, 0.5) is 0 Å². The van der Waals surface area contributed by atoms with E-state index < -0.39 is 0 Å². The maximum absolute atomic E-state index is 10.0. The molecule has 0 amide bonds. The first kappa shape index (κ1) is 13.3. The van der Waals surface area contributed by atoms with Crippen LogP contribution in [0.25, 0.3) is 0 Å². The van der Waals surface area contributed by atoms with Crippen molar-refractivity contribution in [2.75, 3.05) is 32.7 Å². The van der Waals surface area contributed by atoms with Crippen molar-refractivity contribution >= 4 is 0 Å². The highest BCUT2D eigenvalue weighted by molar-refractivity contribution is 4.81. The zero-order chi connectivity index (χ0) is 12.3. The van der Waals surface area contributed by atoms with Crippen LogP contribution >= 0.6 is 0 Å². The van der Waals surface area contributed by atoms with Gasteiger partial charge in [0.05, 0.1) is 6.10 Å². The predicted molar refractivity (Wildman–Crippen MR) is 71.1 cm³/mol. The lowest BCUT2D eigenvalue weighted by Crippen LogP contribution is -2.50. The Kier molecular flexibility index (Phi) is 4.83. The van der Waals surface area contributed by atoms with Crippen LogP contribution in [0.5, 0.6) is 0 Å². The normalized spacial score (nSPS) is 33.2. The summed E-state index contributed by atoms with van der Waals surface area (Å²) in [5.74, 6) is 0.536. The van der Waals surface area contributed by atoms with Gasteiger partial charge < -0.3 is 10.0 Å². The van der Waals surface area contributed by atoms with Gasteiger partial charge in [0.1, 0.15) is 0 Å². The lowest BCUT2D eigenvalue weighted by molar-refractivity contribution is 0.0288. The lowest BCUT2D eigenvalue weighted by atomic mass is 9.86. The average molecular weight is 240 g/mol. The minimum Gasteiger partial charge on any atom is -0.393 e. The molecule has 17 heavy (non-hydrogen) atoms. The third-order valence-electron chi connectivity index (χ3n) is 4.50. The van der Waals surface area contributed by atoms with Gasteiger partial charge in [-0.3, -0.25) is 4.90 Å². The van der Waals surface area contributed by atoms with Gasteiger partial charge in [-0.2, -0.15) is 0 Å². The highest BCUT2D eigenvalue weighted by Gasteiger charge is 2.27. The van der Waals surface area contributed by atoms with E-state index in [1.54, 1.807) is 0 Å². The van der Waals surface area contributed by atoms with Crippen molar-refractivity contribution in [3.05, 3.63) is 0 Å². The molecule has 0 aromatic rings. The zero-order valence-electron chi connectivity index (χ0n) is 11.4. The van der Waals surface area contributed by atoms with Gasteiger partial charge in [-0.15, -0.1) is 0 Å². The zero-order valence-corrected chi connectivity index (χ0v) is 11.4. The minimum absolute atomic E-state index is 0.0353. The Morgan fingerprint density at radius 2 is 1.71 bits per heavy atom. The fourth-order valence-corrected chi connectivity index (χ4v) is 3.20. The van der Waals surface area contributed by atoms with E-state index >= 15 is 0 Å². The van der Waals surface area contributed by atoms with E-state index in [-0.39, 0.29) is 6.10 Å². The molecule has 1 N–H and O–H groups in total. The van der Waals surface area contributed by atoms with Crippen molar-refractivity contribution in [2.45, 2.75) is 51.7 Å². The molecule has 0 spiro atoms. The van der Waals surface area contributed by atoms with Crippen LogP contribution in [0.2, 0.25) is 0 Å². The van der Waals surface area contributed by atoms with Gasteiger partial charge in [-0.25, -0.2) is 0 Å². The molecule has 1 saturated carbocycles.